The van der Waals surface area contributed by atoms with E-state index in [0.717, 1.165) is 10.8 Å². The highest BCUT2D eigenvalue weighted by Gasteiger charge is 2.04. The lowest BCUT2D eigenvalue weighted by atomic mass is 10.2. The van der Waals surface area contributed by atoms with Crippen LogP contribution in [0, 0.1) is 0 Å². The number of thiazole rings is 1. The monoisotopic (exact) mass is 257 g/mol. The molecule has 1 amide bonds. The van der Waals surface area contributed by atoms with Gasteiger partial charge in [0, 0.05) is 24.8 Å². The molecule has 0 fully saturated rings. The van der Waals surface area contributed by atoms with Gasteiger partial charge in [-0.05, 0) is 6.42 Å². The van der Waals surface area contributed by atoms with E-state index in [1.807, 2.05) is 5.38 Å². The first-order valence-corrected chi connectivity index (χ1v) is 6.14. The lowest BCUT2D eigenvalue weighted by molar-refractivity contribution is -0.137. The summed E-state index contributed by atoms with van der Waals surface area (Å²) in [5, 5.41) is 14.2. The van der Waals surface area contributed by atoms with Crippen LogP contribution in [0.15, 0.2) is 5.38 Å². The zero-order valence-electron chi connectivity index (χ0n) is 9.31. The Bertz CT molecular complexity index is 392. The van der Waals surface area contributed by atoms with Gasteiger partial charge in [0.15, 0.2) is 5.13 Å². The Kier molecular flexibility index (Phi) is 5.41. The number of aryl methyl sites for hydroxylation is 1. The number of amides is 1. The lowest BCUT2D eigenvalue weighted by Crippen LogP contribution is -2.12. The molecule has 0 atom stereocenters. The van der Waals surface area contributed by atoms with Crippen LogP contribution in [0.5, 0.6) is 0 Å². The van der Waals surface area contributed by atoms with Crippen molar-refractivity contribution in [3.63, 3.8) is 0 Å². The largest absolute Gasteiger partial charge is 0.481 e. The second-order valence-electron chi connectivity index (χ2n) is 3.53. The number of hydrogen-bond acceptors (Lipinski definition) is 5. The normalized spacial score (nSPS) is 10.1. The van der Waals surface area contributed by atoms with Crippen molar-refractivity contribution < 1.29 is 14.7 Å². The zero-order valence-corrected chi connectivity index (χ0v) is 10.1. The summed E-state index contributed by atoms with van der Waals surface area (Å²) in [6, 6.07) is 0. The number of primary amides is 1. The van der Waals surface area contributed by atoms with Gasteiger partial charge in [0.25, 0.3) is 0 Å². The first kappa shape index (κ1) is 13.4. The molecule has 0 aliphatic rings. The number of carboxylic acid groups (broad SMARTS) is 1. The summed E-state index contributed by atoms with van der Waals surface area (Å²) < 4.78 is 0. The zero-order chi connectivity index (χ0) is 12.7. The van der Waals surface area contributed by atoms with Gasteiger partial charge >= 0.3 is 5.97 Å². The minimum absolute atomic E-state index is 0.0881. The average Bonchev–Trinajstić information content (AvgIpc) is 2.69. The molecule has 0 saturated heterocycles. The molecule has 1 aromatic heterocycles. The van der Waals surface area contributed by atoms with Gasteiger partial charge in [-0.3, -0.25) is 9.59 Å². The Morgan fingerprint density at radius 2 is 2.24 bits per heavy atom. The minimum atomic E-state index is -0.825. The SMILES string of the molecule is NC(=O)CCCNc1nc(CCC(=O)O)cs1. The maximum Gasteiger partial charge on any atom is 0.303 e. The Labute approximate surface area is 103 Å². The summed E-state index contributed by atoms with van der Waals surface area (Å²) in [7, 11) is 0. The predicted molar refractivity (Wildman–Crippen MR) is 65.0 cm³/mol. The number of hydrogen-bond donors (Lipinski definition) is 3. The van der Waals surface area contributed by atoms with Crippen LogP contribution < -0.4 is 11.1 Å². The van der Waals surface area contributed by atoms with E-state index < -0.39 is 5.97 Å². The molecule has 0 aliphatic heterocycles. The molecule has 0 saturated carbocycles. The summed E-state index contributed by atoms with van der Waals surface area (Å²) in [6.45, 7) is 0.634. The van der Waals surface area contributed by atoms with E-state index in [2.05, 4.69) is 10.3 Å². The van der Waals surface area contributed by atoms with Crippen LogP contribution in [0.4, 0.5) is 5.13 Å². The van der Waals surface area contributed by atoms with E-state index >= 15 is 0 Å². The molecular weight excluding hydrogens is 242 g/mol. The van der Waals surface area contributed by atoms with Crippen molar-refractivity contribution in [3.8, 4) is 0 Å². The van der Waals surface area contributed by atoms with Gasteiger partial charge in [0.2, 0.25) is 5.91 Å². The van der Waals surface area contributed by atoms with Crippen LogP contribution in [-0.4, -0.2) is 28.5 Å². The van der Waals surface area contributed by atoms with E-state index in [1.165, 1.54) is 11.3 Å². The second kappa shape index (κ2) is 6.85. The van der Waals surface area contributed by atoms with Crippen molar-refractivity contribution in [1.29, 1.82) is 0 Å². The summed E-state index contributed by atoms with van der Waals surface area (Å²) in [6.07, 6.45) is 1.54. The number of carbonyl (C=O) groups excluding carboxylic acids is 1. The minimum Gasteiger partial charge on any atom is -0.481 e. The Morgan fingerprint density at radius 1 is 1.47 bits per heavy atom. The van der Waals surface area contributed by atoms with Crippen LogP contribution in [0.1, 0.15) is 25.0 Å². The van der Waals surface area contributed by atoms with Crippen LogP contribution in [0.3, 0.4) is 0 Å². The number of aromatic nitrogens is 1. The van der Waals surface area contributed by atoms with Crippen molar-refractivity contribution in [3.05, 3.63) is 11.1 Å². The van der Waals surface area contributed by atoms with Crippen molar-refractivity contribution >= 4 is 28.3 Å². The summed E-state index contributed by atoms with van der Waals surface area (Å²) in [4.78, 5) is 25.1. The second-order valence-corrected chi connectivity index (χ2v) is 4.39. The standard InChI is InChI=1S/C10H15N3O3S/c11-8(14)2-1-5-12-10-13-7(6-17-10)3-4-9(15)16/h6H,1-5H2,(H2,11,14)(H,12,13)(H,15,16). The smallest absolute Gasteiger partial charge is 0.303 e. The van der Waals surface area contributed by atoms with Gasteiger partial charge in [0.1, 0.15) is 0 Å². The summed E-state index contributed by atoms with van der Waals surface area (Å²) in [5.74, 6) is -1.14. The molecule has 0 spiro atoms. The topological polar surface area (TPSA) is 105 Å². The van der Waals surface area contributed by atoms with Crippen LogP contribution in [0.25, 0.3) is 0 Å². The molecule has 1 heterocycles. The van der Waals surface area contributed by atoms with E-state index in [9.17, 15) is 9.59 Å². The fraction of sp³-hybridized carbons (Fsp3) is 0.500. The predicted octanol–water partition coefficient (Wildman–Crippen LogP) is 0.838. The number of rotatable bonds is 8. The number of anilines is 1. The Morgan fingerprint density at radius 3 is 2.88 bits per heavy atom. The molecule has 0 radical (unpaired) electrons. The molecule has 0 aromatic carbocycles. The molecule has 94 valence electrons. The Hall–Kier alpha value is -1.63. The van der Waals surface area contributed by atoms with Gasteiger partial charge in [0.05, 0.1) is 12.1 Å². The lowest BCUT2D eigenvalue weighted by Gasteiger charge is -2.00. The number of aliphatic carboxylic acids is 1. The fourth-order valence-corrected chi connectivity index (χ4v) is 1.97. The number of carbonyl (C=O) groups is 2. The third kappa shape index (κ3) is 5.86. The van der Waals surface area contributed by atoms with Crippen LogP contribution >= 0.6 is 11.3 Å². The molecule has 0 unspecified atom stereocenters. The first-order valence-electron chi connectivity index (χ1n) is 5.26. The van der Waals surface area contributed by atoms with Gasteiger partial charge < -0.3 is 16.2 Å². The quantitative estimate of drug-likeness (QED) is 0.598. The van der Waals surface area contributed by atoms with Crippen molar-refractivity contribution in [2.75, 3.05) is 11.9 Å². The van der Waals surface area contributed by atoms with E-state index in [0.29, 0.717) is 25.8 Å². The highest BCUT2D eigenvalue weighted by atomic mass is 32.1. The van der Waals surface area contributed by atoms with Gasteiger partial charge in [-0.15, -0.1) is 11.3 Å². The summed E-state index contributed by atoms with van der Waals surface area (Å²) >= 11 is 1.43. The molecule has 17 heavy (non-hydrogen) atoms. The van der Waals surface area contributed by atoms with Crippen LogP contribution in [0.2, 0.25) is 0 Å². The molecule has 1 aromatic rings. The van der Waals surface area contributed by atoms with E-state index in [4.69, 9.17) is 10.8 Å². The van der Waals surface area contributed by atoms with Crippen LogP contribution in [-0.2, 0) is 16.0 Å². The maximum atomic E-state index is 10.5. The Balaban J connectivity index is 2.25. The molecule has 1 rings (SSSR count). The molecule has 0 bridgehead atoms. The summed E-state index contributed by atoms with van der Waals surface area (Å²) in [5.41, 5.74) is 5.78. The number of nitrogens with zero attached hydrogens (tertiary/aromatic N) is 1. The molecular formula is C10H15N3O3S. The third-order valence-corrected chi connectivity index (χ3v) is 2.87. The van der Waals surface area contributed by atoms with Crippen molar-refractivity contribution in [1.82, 2.24) is 4.98 Å². The van der Waals surface area contributed by atoms with Gasteiger partial charge in [-0.1, -0.05) is 0 Å². The molecule has 6 nitrogen and oxygen atoms in total. The molecule has 4 N–H and O–H groups in total. The number of nitrogens with one attached hydrogen (secondary N) is 1. The number of carboxylic acids is 1. The van der Waals surface area contributed by atoms with E-state index in [-0.39, 0.29) is 12.3 Å². The highest BCUT2D eigenvalue weighted by molar-refractivity contribution is 7.13. The highest BCUT2D eigenvalue weighted by Crippen LogP contribution is 2.16. The number of nitrogens with two attached hydrogens (primary N) is 1. The first-order chi connectivity index (χ1) is 8.08. The van der Waals surface area contributed by atoms with Crippen molar-refractivity contribution in [2.45, 2.75) is 25.7 Å². The van der Waals surface area contributed by atoms with Gasteiger partial charge in [-0.2, -0.15) is 0 Å². The maximum absolute atomic E-state index is 10.5. The average molecular weight is 257 g/mol. The fourth-order valence-electron chi connectivity index (χ4n) is 1.20. The third-order valence-electron chi connectivity index (χ3n) is 2.02. The van der Waals surface area contributed by atoms with Gasteiger partial charge in [-0.25, -0.2) is 4.98 Å². The molecule has 0 aliphatic carbocycles. The van der Waals surface area contributed by atoms with Crippen molar-refractivity contribution in [2.24, 2.45) is 5.73 Å². The molecule has 7 heteroatoms. The van der Waals surface area contributed by atoms with E-state index in [1.54, 1.807) is 0 Å².